The Kier molecular flexibility index (Phi) is 7.86. The van der Waals surface area contributed by atoms with Crippen LogP contribution in [0.1, 0.15) is 30.9 Å². The molecule has 4 aromatic rings. The SMILES string of the molecule is CCOCCNc1nc(SCC)nc2c1cnn2CCNC(=O)C1c2ccccc2Oc2ccccc21. The molecule has 0 spiro atoms. The maximum atomic E-state index is 13.4. The number of rotatable bonds is 11. The molecule has 2 N–H and O–H groups in total. The van der Waals surface area contributed by atoms with Crippen molar-refractivity contribution in [2.24, 2.45) is 0 Å². The number of carbonyl (C=O) groups is 1. The number of fused-ring (bicyclic) bond motifs is 3. The van der Waals surface area contributed by atoms with Gasteiger partial charge in [-0.1, -0.05) is 55.1 Å². The standard InChI is InChI=1S/C27H30N6O3S/c1-3-35-16-14-28-24-20-17-30-33(25(20)32-27(31-24)37-4-2)15-13-29-26(34)23-18-9-5-7-11-21(18)36-22-12-8-6-10-19(22)23/h5-12,17,23H,3-4,13-16H2,1-2H3,(H,29,34)(H,28,31,32). The lowest BCUT2D eigenvalue weighted by atomic mass is 9.87. The summed E-state index contributed by atoms with van der Waals surface area (Å²) in [6, 6.07) is 15.4. The van der Waals surface area contributed by atoms with Gasteiger partial charge in [0.15, 0.2) is 10.8 Å². The number of hydrogen-bond donors (Lipinski definition) is 2. The summed E-state index contributed by atoms with van der Waals surface area (Å²) in [7, 11) is 0. The van der Waals surface area contributed by atoms with Crippen LogP contribution in [0.4, 0.5) is 5.82 Å². The number of anilines is 1. The number of nitrogens with one attached hydrogen (secondary N) is 2. The molecule has 192 valence electrons. The number of nitrogens with zero attached hydrogens (tertiary/aromatic N) is 4. The van der Waals surface area contributed by atoms with Gasteiger partial charge in [0.1, 0.15) is 17.3 Å². The first-order valence-electron chi connectivity index (χ1n) is 12.5. The molecule has 2 aromatic heterocycles. The highest BCUT2D eigenvalue weighted by Crippen LogP contribution is 2.43. The van der Waals surface area contributed by atoms with Gasteiger partial charge < -0.3 is 20.1 Å². The van der Waals surface area contributed by atoms with Gasteiger partial charge in [-0.05, 0) is 24.8 Å². The molecule has 0 aliphatic carbocycles. The van der Waals surface area contributed by atoms with Crippen molar-refractivity contribution in [3.63, 3.8) is 0 Å². The summed E-state index contributed by atoms with van der Waals surface area (Å²) >= 11 is 1.58. The molecular formula is C27H30N6O3S. The second-order valence-electron chi connectivity index (χ2n) is 8.42. The van der Waals surface area contributed by atoms with Crippen molar-refractivity contribution >= 4 is 34.5 Å². The van der Waals surface area contributed by atoms with Crippen molar-refractivity contribution in [3.05, 3.63) is 65.9 Å². The van der Waals surface area contributed by atoms with Crippen LogP contribution >= 0.6 is 11.8 Å². The molecule has 0 bridgehead atoms. The minimum Gasteiger partial charge on any atom is -0.457 e. The number of hydrogen-bond acceptors (Lipinski definition) is 8. The zero-order valence-corrected chi connectivity index (χ0v) is 21.8. The highest BCUT2D eigenvalue weighted by Gasteiger charge is 2.32. The van der Waals surface area contributed by atoms with Gasteiger partial charge in [-0.2, -0.15) is 5.10 Å². The fourth-order valence-electron chi connectivity index (χ4n) is 4.39. The van der Waals surface area contributed by atoms with Crippen molar-refractivity contribution in [1.82, 2.24) is 25.1 Å². The molecule has 0 saturated heterocycles. The molecule has 2 aromatic carbocycles. The van der Waals surface area contributed by atoms with Crippen molar-refractivity contribution < 1.29 is 14.3 Å². The van der Waals surface area contributed by atoms with Crippen LogP contribution in [0.5, 0.6) is 11.5 Å². The average Bonchev–Trinajstić information content (AvgIpc) is 3.32. The quantitative estimate of drug-likeness (QED) is 0.171. The van der Waals surface area contributed by atoms with Gasteiger partial charge >= 0.3 is 0 Å². The van der Waals surface area contributed by atoms with E-state index in [9.17, 15) is 4.79 Å². The first-order chi connectivity index (χ1) is 18.2. The molecule has 0 fully saturated rings. The third-order valence-electron chi connectivity index (χ3n) is 6.06. The minimum absolute atomic E-state index is 0.0743. The molecule has 37 heavy (non-hydrogen) atoms. The molecular weight excluding hydrogens is 488 g/mol. The highest BCUT2D eigenvalue weighted by molar-refractivity contribution is 7.99. The van der Waals surface area contributed by atoms with E-state index in [0.29, 0.717) is 49.5 Å². The third kappa shape index (κ3) is 5.40. The number of amides is 1. The first kappa shape index (κ1) is 25.0. The molecule has 1 amide bonds. The summed E-state index contributed by atoms with van der Waals surface area (Å²) in [6.45, 7) is 6.84. The van der Waals surface area contributed by atoms with Crippen molar-refractivity contribution in [1.29, 1.82) is 0 Å². The van der Waals surface area contributed by atoms with Crippen LogP contribution in [0.25, 0.3) is 11.0 Å². The molecule has 0 radical (unpaired) electrons. The first-order valence-corrected chi connectivity index (χ1v) is 13.5. The Labute approximate surface area is 220 Å². The second kappa shape index (κ2) is 11.6. The van der Waals surface area contributed by atoms with Crippen LogP contribution in [-0.2, 0) is 16.1 Å². The van der Waals surface area contributed by atoms with Gasteiger partial charge in [-0.15, -0.1) is 0 Å². The molecule has 0 unspecified atom stereocenters. The maximum Gasteiger partial charge on any atom is 0.232 e. The smallest absolute Gasteiger partial charge is 0.232 e. The second-order valence-corrected chi connectivity index (χ2v) is 9.65. The summed E-state index contributed by atoms with van der Waals surface area (Å²) < 4.78 is 13.3. The van der Waals surface area contributed by atoms with Crippen LogP contribution in [-0.4, -0.2) is 57.7 Å². The zero-order valence-electron chi connectivity index (χ0n) is 20.9. The van der Waals surface area contributed by atoms with Crippen molar-refractivity contribution in [3.8, 4) is 11.5 Å². The molecule has 0 saturated carbocycles. The van der Waals surface area contributed by atoms with Crippen LogP contribution in [0, 0.1) is 0 Å². The van der Waals surface area contributed by atoms with Crippen LogP contribution < -0.4 is 15.4 Å². The zero-order chi connectivity index (χ0) is 25.6. The number of ether oxygens (including phenoxy) is 2. The van der Waals surface area contributed by atoms with Gasteiger partial charge in [0.2, 0.25) is 5.91 Å². The number of carbonyl (C=O) groups excluding carboxylic acids is 1. The van der Waals surface area contributed by atoms with Crippen LogP contribution in [0.15, 0.2) is 59.9 Å². The van der Waals surface area contributed by atoms with Crippen LogP contribution in [0.2, 0.25) is 0 Å². The molecule has 10 heteroatoms. The summed E-state index contributed by atoms with van der Waals surface area (Å²) in [5.74, 6) is 2.51. The van der Waals surface area contributed by atoms with E-state index in [4.69, 9.17) is 14.5 Å². The highest BCUT2D eigenvalue weighted by atomic mass is 32.2. The lowest BCUT2D eigenvalue weighted by molar-refractivity contribution is -0.121. The van der Waals surface area contributed by atoms with Crippen molar-refractivity contribution in [2.45, 2.75) is 31.5 Å². The predicted octanol–water partition coefficient (Wildman–Crippen LogP) is 4.44. The Bertz CT molecular complexity index is 1350. The van der Waals surface area contributed by atoms with E-state index in [0.717, 1.165) is 33.7 Å². The predicted molar refractivity (Wildman–Crippen MR) is 145 cm³/mol. The van der Waals surface area contributed by atoms with Crippen molar-refractivity contribution in [2.75, 3.05) is 37.4 Å². The Morgan fingerprint density at radius 2 is 1.78 bits per heavy atom. The van der Waals surface area contributed by atoms with Gasteiger partial charge in [-0.3, -0.25) is 4.79 Å². The van der Waals surface area contributed by atoms with E-state index in [1.165, 1.54) is 0 Å². The van der Waals surface area contributed by atoms with E-state index in [1.807, 2.05) is 60.1 Å². The van der Waals surface area contributed by atoms with E-state index in [-0.39, 0.29) is 5.91 Å². The molecule has 3 heterocycles. The number of aromatic nitrogens is 4. The Morgan fingerprint density at radius 1 is 1.05 bits per heavy atom. The summed E-state index contributed by atoms with van der Waals surface area (Å²) in [6.07, 6.45) is 1.77. The summed E-state index contributed by atoms with van der Waals surface area (Å²) in [5.41, 5.74) is 2.46. The van der Waals surface area contributed by atoms with Crippen LogP contribution in [0.3, 0.4) is 0 Å². The summed E-state index contributed by atoms with van der Waals surface area (Å²) in [5, 5.41) is 12.5. The maximum absolute atomic E-state index is 13.4. The largest absolute Gasteiger partial charge is 0.457 e. The Balaban J connectivity index is 1.32. The average molecular weight is 519 g/mol. The topological polar surface area (TPSA) is 103 Å². The monoisotopic (exact) mass is 518 g/mol. The summed E-state index contributed by atoms with van der Waals surface area (Å²) in [4.78, 5) is 22.8. The molecule has 9 nitrogen and oxygen atoms in total. The Morgan fingerprint density at radius 3 is 2.49 bits per heavy atom. The Hall–Kier alpha value is -3.63. The van der Waals surface area contributed by atoms with Gasteiger partial charge in [0, 0.05) is 30.8 Å². The molecule has 0 atom stereocenters. The molecule has 1 aliphatic rings. The number of thioether (sulfide) groups is 1. The van der Waals surface area contributed by atoms with E-state index in [2.05, 4.69) is 27.6 Å². The fraction of sp³-hybridized carbons (Fsp3) is 0.333. The number of benzene rings is 2. The number of para-hydroxylation sites is 2. The van der Waals surface area contributed by atoms with E-state index in [1.54, 1.807) is 18.0 Å². The lowest BCUT2D eigenvalue weighted by Gasteiger charge is -2.27. The van der Waals surface area contributed by atoms with Gasteiger partial charge in [0.25, 0.3) is 0 Å². The minimum atomic E-state index is -0.438. The molecule has 5 rings (SSSR count). The third-order valence-corrected chi connectivity index (χ3v) is 6.79. The fourth-order valence-corrected chi connectivity index (χ4v) is 4.96. The van der Waals surface area contributed by atoms with E-state index < -0.39 is 5.92 Å². The lowest BCUT2D eigenvalue weighted by Crippen LogP contribution is -2.33. The van der Waals surface area contributed by atoms with Gasteiger partial charge in [0.05, 0.1) is 30.7 Å². The normalized spacial score (nSPS) is 12.6. The van der Waals surface area contributed by atoms with E-state index >= 15 is 0 Å². The molecule has 1 aliphatic heterocycles. The van der Waals surface area contributed by atoms with Gasteiger partial charge in [-0.25, -0.2) is 14.6 Å².